The highest BCUT2D eigenvalue weighted by Crippen LogP contribution is 2.41. The summed E-state index contributed by atoms with van der Waals surface area (Å²) in [6.07, 6.45) is 0.642. The molecule has 0 unspecified atom stereocenters. The molecule has 4 rings (SSSR count). The maximum absolute atomic E-state index is 8.86. The summed E-state index contributed by atoms with van der Waals surface area (Å²) in [5.41, 5.74) is 8.90. The van der Waals surface area contributed by atoms with E-state index in [1.165, 1.54) is 27.8 Å². The van der Waals surface area contributed by atoms with Crippen molar-refractivity contribution in [1.29, 1.82) is 0 Å². The molecule has 1 aliphatic rings. The zero-order valence-electron chi connectivity index (χ0n) is 22.7. The van der Waals surface area contributed by atoms with Crippen LogP contribution in [0.15, 0.2) is 42.6 Å². The lowest BCUT2D eigenvalue weighted by molar-refractivity contribution is -0.660. The Labute approximate surface area is 177 Å². The Bertz CT molecular complexity index is 1260. The fourth-order valence-corrected chi connectivity index (χ4v) is 4.26. The second-order valence-electron chi connectivity index (χ2n) is 9.07. The van der Waals surface area contributed by atoms with E-state index in [0.29, 0.717) is 0 Å². The van der Waals surface area contributed by atoms with E-state index in [1.807, 2.05) is 32.4 Å². The smallest absolute Gasteiger partial charge is 0.201 e. The van der Waals surface area contributed by atoms with Crippen LogP contribution < -0.4 is 4.57 Å². The number of aromatic nitrogens is 1. The number of pyridine rings is 1. The molecule has 0 spiro atoms. The van der Waals surface area contributed by atoms with Gasteiger partial charge in [-0.1, -0.05) is 50.6 Å². The Morgan fingerprint density at radius 2 is 1.75 bits per heavy atom. The fraction of sp³-hybridized carbons (Fsp3) is 0.370. The van der Waals surface area contributed by atoms with Gasteiger partial charge in [-0.25, -0.2) is 4.57 Å². The first-order valence-electron chi connectivity index (χ1n) is 12.4. The molecule has 0 aliphatic heterocycles. The van der Waals surface area contributed by atoms with Crippen LogP contribution in [0.2, 0.25) is 0 Å². The largest absolute Gasteiger partial charge is 0.212 e. The molecule has 28 heavy (non-hydrogen) atoms. The Hall–Kier alpha value is -2.41. The van der Waals surface area contributed by atoms with Crippen molar-refractivity contribution < 1.29 is 11.4 Å². The van der Waals surface area contributed by atoms with Gasteiger partial charge in [0.15, 0.2) is 6.20 Å². The van der Waals surface area contributed by atoms with Crippen LogP contribution in [0.4, 0.5) is 0 Å². The lowest BCUT2D eigenvalue weighted by Crippen LogP contribution is -2.32. The van der Waals surface area contributed by atoms with E-state index in [9.17, 15) is 0 Å². The van der Waals surface area contributed by atoms with Crippen molar-refractivity contribution in [3.8, 4) is 22.4 Å². The number of aryl methyl sites for hydroxylation is 3. The molecule has 0 fully saturated rings. The van der Waals surface area contributed by atoms with Crippen molar-refractivity contribution in [2.45, 2.75) is 54.3 Å². The molecule has 0 N–H and O–H groups in total. The molecule has 1 aromatic heterocycles. The van der Waals surface area contributed by atoms with E-state index in [4.69, 9.17) is 6.85 Å². The average Bonchev–Trinajstić information content (AvgIpc) is 3.05. The molecule has 1 heterocycles. The van der Waals surface area contributed by atoms with E-state index in [1.54, 1.807) is 12.3 Å². The van der Waals surface area contributed by atoms with Gasteiger partial charge in [0, 0.05) is 24.0 Å². The highest BCUT2D eigenvalue weighted by Gasteiger charge is 2.25. The zero-order chi connectivity index (χ0) is 24.5. The molecule has 1 aliphatic carbocycles. The maximum Gasteiger partial charge on any atom is 0.212 e. The van der Waals surface area contributed by atoms with Crippen LogP contribution in [0.5, 0.6) is 0 Å². The molecule has 0 amide bonds. The van der Waals surface area contributed by atoms with Gasteiger partial charge in [-0.05, 0) is 78.4 Å². The van der Waals surface area contributed by atoms with Crippen molar-refractivity contribution >= 4 is 0 Å². The van der Waals surface area contributed by atoms with E-state index in [-0.39, 0.29) is 11.1 Å². The van der Waals surface area contributed by atoms with Gasteiger partial charge in [-0.3, -0.25) is 0 Å². The standard InChI is InChI=1S/C27H32N/c1-17-8-9-23-20(12-17)13-25-19(3)22(10-11-24(23)25)26-14-21(15-27(4,5)6)18(2)16-28(26)7/h8-12,14,16H,13,15H2,1-7H3/q+1/i2D3,15D2. The third kappa shape index (κ3) is 3.28. The van der Waals surface area contributed by atoms with Gasteiger partial charge in [0.25, 0.3) is 0 Å². The van der Waals surface area contributed by atoms with Crippen LogP contribution in [0.3, 0.4) is 0 Å². The number of hydrogen-bond donors (Lipinski definition) is 0. The first kappa shape index (κ1) is 13.7. The van der Waals surface area contributed by atoms with Gasteiger partial charge in [0.05, 0.1) is 0 Å². The van der Waals surface area contributed by atoms with Crippen LogP contribution in [-0.4, -0.2) is 0 Å². The summed E-state index contributed by atoms with van der Waals surface area (Å²) in [6.45, 7) is 7.24. The number of benzene rings is 2. The second-order valence-corrected chi connectivity index (χ2v) is 9.07. The van der Waals surface area contributed by atoms with Crippen LogP contribution in [-0.2, 0) is 19.8 Å². The third-order valence-corrected chi connectivity index (χ3v) is 5.58. The number of nitrogens with zero attached hydrogens (tertiary/aromatic N) is 1. The molecule has 2 aromatic carbocycles. The molecule has 1 nitrogen and oxygen atoms in total. The first-order chi connectivity index (χ1) is 15.1. The lowest BCUT2D eigenvalue weighted by atomic mass is 9.86. The molecule has 0 saturated carbocycles. The average molecular weight is 376 g/mol. The highest BCUT2D eigenvalue weighted by atomic mass is 14.9. The SMILES string of the molecule is [2H]C([2H])([2H])c1c[n+](C)c(-c2ccc3c(c2C)Cc2cc(C)ccc2-3)cc1C([2H])([2H])C(C)(C)C. The monoisotopic (exact) mass is 375 g/mol. The lowest BCUT2D eigenvalue weighted by Gasteiger charge is -2.20. The normalized spacial score (nSPS) is 16.4. The van der Waals surface area contributed by atoms with Crippen molar-refractivity contribution in [2.75, 3.05) is 0 Å². The zero-order valence-corrected chi connectivity index (χ0v) is 17.7. The molecule has 144 valence electrons. The van der Waals surface area contributed by atoms with Gasteiger partial charge in [-0.2, -0.15) is 0 Å². The summed E-state index contributed by atoms with van der Waals surface area (Å²) in [6, 6.07) is 12.6. The summed E-state index contributed by atoms with van der Waals surface area (Å²) >= 11 is 0. The topological polar surface area (TPSA) is 3.88 Å². The minimum absolute atomic E-state index is 0.0652. The molecular formula is C27H32N+. The van der Waals surface area contributed by atoms with E-state index in [2.05, 4.69) is 44.2 Å². The van der Waals surface area contributed by atoms with E-state index < -0.39 is 18.6 Å². The Morgan fingerprint density at radius 3 is 2.46 bits per heavy atom. The number of rotatable bonds is 2. The number of fused-ring (bicyclic) bond motifs is 3. The van der Waals surface area contributed by atoms with Crippen molar-refractivity contribution in [3.05, 3.63) is 76.0 Å². The van der Waals surface area contributed by atoms with Crippen LogP contribution in [0, 0.1) is 26.1 Å². The summed E-state index contributed by atoms with van der Waals surface area (Å²) in [5, 5.41) is 0. The van der Waals surface area contributed by atoms with Gasteiger partial charge in [-0.15, -0.1) is 0 Å². The molecular weight excluding hydrogens is 338 g/mol. The summed E-state index contributed by atoms with van der Waals surface area (Å²) in [5.74, 6) is 0. The number of hydrogen-bond acceptors (Lipinski definition) is 0. The predicted molar refractivity (Wildman–Crippen MR) is 119 cm³/mol. The van der Waals surface area contributed by atoms with Gasteiger partial charge in [0.2, 0.25) is 5.69 Å². The second kappa shape index (κ2) is 6.58. The summed E-state index contributed by atoms with van der Waals surface area (Å²) in [4.78, 5) is 0. The Balaban J connectivity index is 1.94. The Kier molecular flexibility index (Phi) is 3.22. The minimum Gasteiger partial charge on any atom is -0.201 e. The van der Waals surface area contributed by atoms with Gasteiger partial charge in [0.1, 0.15) is 7.05 Å². The molecule has 0 atom stereocenters. The van der Waals surface area contributed by atoms with Gasteiger partial charge >= 0.3 is 0 Å². The summed E-state index contributed by atoms with van der Waals surface area (Å²) in [7, 11) is 1.84. The predicted octanol–water partition coefficient (Wildman–Crippen LogP) is 6.26. The van der Waals surface area contributed by atoms with Crippen LogP contribution in [0.25, 0.3) is 22.4 Å². The minimum atomic E-state index is -2.41. The highest BCUT2D eigenvalue weighted by molar-refractivity contribution is 5.82. The van der Waals surface area contributed by atoms with Crippen molar-refractivity contribution in [1.82, 2.24) is 0 Å². The Morgan fingerprint density at radius 1 is 1.04 bits per heavy atom. The van der Waals surface area contributed by atoms with Crippen LogP contribution in [0.1, 0.15) is 61.0 Å². The van der Waals surface area contributed by atoms with Crippen molar-refractivity contribution in [3.63, 3.8) is 0 Å². The van der Waals surface area contributed by atoms with E-state index in [0.717, 1.165) is 23.2 Å². The molecule has 3 aromatic rings. The third-order valence-electron chi connectivity index (χ3n) is 5.58. The fourth-order valence-electron chi connectivity index (χ4n) is 4.26. The molecule has 0 saturated heterocycles. The van der Waals surface area contributed by atoms with Crippen LogP contribution >= 0.6 is 0 Å². The van der Waals surface area contributed by atoms with E-state index >= 15 is 0 Å². The molecule has 0 bridgehead atoms. The summed E-state index contributed by atoms with van der Waals surface area (Å²) < 4.78 is 43.7. The molecule has 1 heteroatoms. The maximum atomic E-state index is 8.86. The first-order valence-corrected chi connectivity index (χ1v) is 9.90. The molecule has 0 radical (unpaired) electrons. The quantitative estimate of drug-likeness (QED) is 0.364. The van der Waals surface area contributed by atoms with Gasteiger partial charge < -0.3 is 0 Å². The van der Waals surface area contributed by atoms with Crippen molar-refractivity contribution in [2.24, 2.45) is 12.5 Å².